The second kappa shape index (κ2) is 6.66. The number of pyridine rings is 1. The lowest BCUT2D eigenvalue weighted by molar-refractivity contribution is 1.25. The minimum atomic E-state index is 1.04. The lowest BCUT2D eigenvalue weighted by Crippen LogP contribution is -1.92. The van der Waals surface area contributed by atoms with Gasteiger partial charge in [-0.15, -0.1) is 11.3 Å². The lowest BCUT2D eigenvalue weighted by atomic mass is 10.0. The number of benzene rings is 5. The third-order valence-electron chi connectivity index (χ3n) is 6.96. The van der Waals surface area contributed by atoms with Crippen molar-refractivity contribution in [2.75, 3.05) is 0 Å². The zero-order chi connectivity index (χ0) is 22.2. The van der Waals surface area contributed by atoms with Gasteiger partial charge in [-0.05, 0) is 39.9 Å². The van der Waals surface area contributed by atoms with Crippen molar-refractivity contribution in [3.8, 4) is 11.3 Å². The van der Waals surface area contributed by atoms with Gasteiger partial charge in [0.1, 0.15) is 0 Å². The largest absolute Gasteiger partial charge is 0.291 e. The zero-order valence-electron chi connectivity index (χ0n) is 18.2. The van der Waals surface area contributed by atoms with Gasteiger partial charge in [-0.3, -0.25) is 4.40 Å². The van der Waals surface area contributed by atoms with Gasteiger partial charge in [-0.1, -0.05) is 91.0 Å². The lowest BCUT2D eigenvalue weighted by Gasteiger charge is -2.09. The van der Waals surface area contributed by atoms with E-state index in [0.717, 1.165) is 16.7 Å². The monoisotopic (exact) mass is 450 g/mol. The molecule has 8 aromatic rings. The average molecular weight is 451 g/mol. The van der Waals surface area contributed by atoms with Gasteiger partial charge in [0, 0.05) is 20.9 Å². The highest BCUT2D eigenvalue weighted by molar-refractivity contribution is 7.26. The molecule has 34 heavy (non-hydrogen) atoms. The van der Waals surface area contributed by atoms with Crippen molar-refractivity contribution >= 4 is 69.7 Å². The highest BCUT2D eigenvalue weighted by Crippen LogP contribution is 2.43. The summed E-state index contributed by atoms with van der Waals surface area (Å²) in [5.74, 6) is 0. The molecule has 0 aliphatic carbocycles. The third kappa shape index (κ3) is 2.37. The van der Waals surface area contributed by atoms with Crippen molar-refractivity contribution < 1.29 is 0 Å². The molecule has 0 saturated carbocycles. The van der Waals surface area contributed by atoms with E-state index >= 15 is 0 Å². The SMILES string of the molecule is c1ccc(-c2cc3c(sc4ccc5ccccc5c43)c3nc4c5ccccc5ccc4n23)cc1. The molecule has 0 saturated heterocycles. The van der Waals surface area contributed by atoms with E-state index in [1.165, 1.54) is 53.0 Å². The van der Waals surface area contributed by atoms with Gasteiger partial charge in [0.15, 0.2) is 5.65 Å². The number of nitrogens with zero attached hydrogens (tertiary/aromatic N) is 2. The van der Waals surface area contributed by atoms with Gasteiger partial charge < -0.3 is 0 Å². The maximum Gasteiger partial charge on any atom is 0.156 e. The number of fused-ring (bicyclic) bond motifs is 11. The van der Waals surface area contributed by atoms with Crippen molar-refractivity contribution in [1.29, 1.82) is 0 Å². The topological polar surface area (TPSA) is 17.3 Å². The van der Waals surface area contributed by atoms with Crippen LogP contribution in [0.4, 0.5) is 0 Å². The minimum absolute atomic E-state index is 1.04. The minimum Gasteiger partial charge on any atom is -0.291 e. The molecule has 8 rings (SSSR count). The second-order valence-electron chi connectivity index (χ2n) is 8.83. The highest BCUT2D eigenvalue weighted by Gasteiger charge is 2.19. The smallest absolute Gasteiger partial charge is 0.156 e. The van der Waals surface area contributed by atoms with Gasteiger partial charge in [-0.25, -0.2) is 4.98 Å². The Morgan fingerprint density at radius 1 is 0.618 bits per heavy atom. The molecule has 0 amide bonds. The molecular formula is C31H18N2S. The Hall–Kier alpha value is -4.21. The van der Waals surface area contributed by atoms with Crippen LogP contribution in [0.2, 0.25) is 0 Å². The van der Waals surface area contributed by atoms with Crippen LogP contribution >= 0.6 is 11.3 Å². The molecule has 0 radical (unpaired) electrons. The molecule has 0 N–H and O–H groups in total. The van der Waals surface area contributed by atoms with Gasteiger partial charge in [0.25, 0.3) is 0 Å². The Morgan fingerprint density at radius 2 is 1.32 bits per heavy atom. The third-order valence-corrected chi connectivity index (χ3v) is 8.13. The van der Waals surface area contributed by atoms with Crippen LogP contribution in [-0.2, 0) is 0 Å². The van der Waals surface area contributed by atoms with E-state index < -0.39 is 0 Å². The maximum atomic E-state index is 5.31. The normalized spacial score (nSPS) is 12.1. The summed E-state index contributed by atoms with van der Waals surface area (Å²) in [4.78, 5) is 5.31. The van der Waals surface area contributed by atoms with Crippen LogP contribution in [0.1, 0.15) is 0 Å². The summed E-state index contributed by atoms with van der Waals surface area (Å²) in [6, 6.07) is 39.2. The first-order valence-electron chi connectivity index (χ1n) is 11.5. The first kappa shape index (κ1) is 18.2. The van der Waals surface area contributed by atoms with Crippen LogP contribution in [0, 0.1) is 0 Å². The first-order chi connectivity index (χ1) is 16.9. The number of thiophene rings is 1. The van der Waals surface area contributed by atoms with Crippen LogP contribution < -0.4 is 0 Å². The first-order valence-corrected chi connectivity index (χ1v) is 12.3. The van der Waals surface area contributed by atoms with E-state index in [4.69, 9.17) is 4.98 Å². The van der Waals surface area contributed by atoms with Gasteiger partial charge >= 0.3 is 0 Å². The van der Waals surface area contributed by atoms with Crippen molar-refractivity contribution in [3.05, 3.63) is 109 Å². The van der Waals surface area contributed by atoms with E-state index in [2.05, 4.69) is 114 Å². The van der Waals surface area contributed by atoms with E-state index in [0.29, 0.717) is 0 Å². The van der Waals surface area contributed by atoms with Gasteiger partial charge in [0.2, 0.25) is 0 Å². The number of hydrogen-bond acceptors (Lipinski definition) is 2. The summed E-state index contributed by atoms with van der Waals surface area (Å²) in [6.45, 7) is 0. The van der Waals surface area contributed by atoms with Crippen LogP contribution in [-0.4, -0.2) is 9.38 Å². The summed E-state index contributed by atoms with van der Waals surface area (Å²) < 4.78 is 4.90. The molecule has 3 heteroatoms. The number of hydrogen-bond donors (Lipinski definition) is 0. The predicted molar refractivity (Wildman–Crippen MR) is 146 cm³/mol. The van der Waals surface area contributed by atoms with Crippen LogP contribution in [0.5, 0.6) is 0 Å². The van der Waals surface area contributed by atoms with Crippen LogP contribution in [0.25, 0.3) is 69.7 Å². The standard InChI is InChI=1S/C31H18N2S/c1-2-10-21(11-3-1)26-18-24-28-22-12-6-4-8-19(22)15-17-27(28)34-30(24)31-32-29-23-13-7-5-9-20(23)14-16-25(29)33(26)31/h1-18H. The molecule has 0 atom stereocenters. The summed E-state index contributed by atoms with van der Waals surface area (Å²) in [7, 11) is 0. The Balaban J connectivity index is 1.66. The molecule has 0 aliphatic heterocycles. The molecule has 0 unspecified atom stereocenters. The maximum absolute atomic E-state index is 5.31. The Kier molecular flexibility index (Phi) is 3.57. The molecule has 158 valence electrons. The van der Waals surface area contributed by atoms with Gasteiger partial charge in [0.05, 0.1) is 21.4 Å². The van der Waals surface area contributed by atoms with Crippen molar-refractivity contribution in [2.45, 2.75) is 0 Å². The van der Waals surface area contributed by atoms with Crippen molar-refractivity contribution in [3.63, 3.8) is 0 Å². The molecule has 2 nitrogen and oxygen atoms in total. The molecule has 3 heterocycles. The predicted octanol–water partition coefficient (Wildman–Crippen LogP) is 8.83. The van der Waals surface area contributed by atoms with Crippen molar-refractivity contribution in [2.24, 2.45) is 0 Å². The number of rotatable bonds is 1. The molecule has 3 aromatic heterocycles. The summed E-state index contributed by atoms with van der Waals surface area (Å²) in [5.41, 5.74) is 5.62. The summed E-state index contributed by atoms with van der Waals surface area (Å²) in [6.07, 6.45) is 0. The van der Waals surface area contributed by atoms with E-state index in [1.807, 2.05) is 11.3 Å². The fourth-order valence-corrected chi connectivity index (χ4v) is 6.60. The Bertz CT molecular complexity index is 2060. The second-order valence-corrected chi connectivity index (χ2v) is 9.88. The van der Waals surface area contributed by atoms with E-state index in [9.17, 15) is 0 Å². The van der Waals surface area contributed by atoms with Crippen LogP contribution in [0.3, 0.4) is 0 Å². The number of aromatic nitrogens is 2. The number of imidazole rings is 1. The highest BCUT2D eigenvalue weighted by atomic mass is 32.1. The van der Waals surface area contributed by atoms with E-state index in [1.54, 1.807) is 0 Å². The Labute approximate surface area is 199 Å². The van der Waals surface area contributed by atoms with E-state index in [-0.39, 0.29) is 0 Å². The zero-order valence-corrected chi connectivity index (χ0v) is 19.0. The fourth-order valence-electron chi connectivity index (χ4n) is 5.43. The quantitative estimate of drug-likeness (QED) is 0.244. The summed E-state index contributed by atoms with van der Waals surface area (Å²) >= 11 is 1.85. The molecular weight excluding hydrogens is 432 g/mol. The van der Waals surface area contributed by atoms with Crippen LogP contribution in [0.15, 0.2) is 109 Å². The van der Waals surface area contributed by atoms with Crippen molar-refractivity contribution in [1.82, 2.24) is 9.38 Å². The summed E-state index contributed by atoms with van der Waals surface area (Å²) in [5, 5.41) is 7.60. The molecule has 0 fully saturated rings. The van der Waals surface area contributed by atoms with Gasteiger partial charge in [-0.2, -0.15) is 0 Å². The fraction of sp³-hybridized carbons (Fsp3) is 0. The average Bonchev–Trinajstić information content (AvgIpc) is 3.48. The Morgan fingerprint density at radius 3 is 2.18 bits per heavy atom. The molecule has 5 aromatic carbocycles. The molecule has 0 bridgehead atoms. The molecule has 0 spiro atoms. The molecule has 0 aliphatic rings.